The van der Waals surface area contributed by atoms with E-state index < -0.39 is 6.04 Å². The fraction of sp³-hybridized carbons (Fsp3) is 0.207. The topological polar surface area (TPSA) is 71.5 Å². The number of aryl methyl sites for hydroxylation is 1. The first kappa shape index (κ1) is 25.1. The van der Waals surface area contributed by atoms with Gasteiger partial charge in [-0.15, -0.1) is 11.3 Å². The Morgan fingerprint density at radius 1 is 1.00 bits per heavy atom. The second-order valence-corrected chi connectivity index (χ2v) is 9.33. The lowest BCUT2D eigenvalue weighted by atomic mass is 10.00. The number of hydrogen-bond donors (Lipinski definition) is 1. The van der Waals surface area contributed by atoms with E-state index in [0.717, 1.165) is 33.7 Å². The lowest BCUT2D eigenvalue weighted by molar-refractivity contribution is -0.126. The van der Waals surface area contributed by atoms with E-state index in [1.807, 2.05) is 72.1 Å². The van der Waals surface area contributed by atoms with Crippen molar-refractivity contribution in [3.05, 3.63) is 112 Å². The number of benzene rings is 2. The van der Waals surface area contributed by atoms with Gasteiger partial charge in [-0.2, -0.15) is 0 Å². The van der Waals surface area contributed by atoms with Gasteiger partial charge in [0.05, 0.1) is 25.4 Å². The molecule has 0 aliphatic rings. The fourth-order valence-electron chi connectivity index (χ4n) is 3.96. The third-order valence-corrected chi connectivity index (χ3v) is 6.81. The number of nitrogens with zero attached hydrogens (tertiary/aromatic N) is 2. The van der Waals surface area contributed by atoms with E-state index in [0.29, 0.717) is 12.2 Å². The number of rotatable bonds is 10. The summed E-state index contributed by atoms with van der Waals surface area (Å²) in [6, 6.07) is 22.0. The average Bonchev–Trinajstić information content (AvgIpc) is 3.44. The van der Waals surface area contributed by atoms with Crippen LogP contribution in [0.15, 0.2) is 90.6 Å². The summed E-state index contributed by atoms with van der Waals surface area (Å²) in [5, 5.41) is 4.98. The molecular weight excluding hydrogens is 470 g/mol. The van der Waals surface area contributed by atoms with Gasteiger partial charge in [-0.25, -0.2) is 0 Å². The van der Waals surface area contributed by atoms with Gasteiger partial charge in [-0.05, 0) is 58.8 Å². The van der Waals surface area contributed by atoms with E-state index in [1.54, 1.807) is 30.5 Å². The van der Waals surface area contributed by atoms with Crippen LogP contribution >= 0.6 is 11.3 Å². The zero-order valence-electron chi connectivity index (χ0n) is 20.4. The molecule has 1 N–H and O–H groups in total. The van der Waals surface area contributed by atoms with Gasteiger partial charge in [0.2, 0.25) is 11.8 Å². The number of carbonyl (C=O) groups excluding carboxylic acids is 2. The van der Waals surface area contributed by atoms with E-state index in [2.05, 4.69) is 17.2 Å². The maximum absolute atomic E-state index is 13.8. The Balaban J connectivity index is 1.68. The van der Waals surface area contributed by atoms with Crippen LogP contribution in [0.5, 0.6) is 5.75 Å². The van der Waals surface area contributed by atoms with Crippen molar-refractivity contribution in [1.82, 2.24) is 10.3 Å². The molecule has 6 nitrogen and oxygen atoms in total. The second-order valence-electron chi connectivity index (χ2n) is 8.29. The van der Waals surface area contributed by atoms with Gasteiger partial charge in [-0.3, -0.25) is 19.5 Å². The van der Waals surface area contributed by atoms with Crippen molar-refractivity contribution in [3.63, 3.8) is 0 Å². The summed E-state index contributed by atoms with van der Waals surface area (Å²) in [7, 11) is 1.62. The number of amides is 2. The number of ether oxygens (including phenoxy) is 1. The van der Waals surface area contributed by atoms with Crippen LogP contribution < -0.4 is 15.0 Å². The molecule has 1 atom stereocenters. The van der Waals surface area contributed by atoms with Crippen molar-refractivity contribution in [3.8, 4) is 5.75 Å². The van der Waals surface area contributed by atoms with Crippen LogP contribution in [0.25, 0.3) is 0 Å². The minimum absolute atomic E-state index is 0.172. The molecular formula is C29H29N3O3S. The van der Waals surface area contributed by atoms with Gasteiger partial charge in [-0.1, -0.05) is 49.4 Å². The lowest BCUT2D eigenvalue weighted by Crippen LogP contribution is -2.44. The van der Waals surface area contributed by atoms with Crippen LogP contribution in [0.4, 0.5) is 5.69 Å². The number of aromatic nitrogens is 1. The standard InChI is InChI=1S/C29H29N3O3S/c1-3-21-8-12-23(13-9-21)28(29(34)31-19-22-10-14-25(35-2)15-11-22)32(24-6-4-16-30-20-24)27(33)18-26-7-5-17-36-26/h4-17,20,28H,3,18-19H2,1-2H3,(H,31,34)/t28-/m1/s1. The molecule has 2 aromatic carbocycles. The highest BCUT2D eigenvalue weighted by Crippen LogP contribution is 2.29. The van der Waals surface area contributed by atoms with Crippen molar-refractivity contribution in [2.75, 3.05) is 12.0 Å². The predicted octanol–water partition coefficient (Wildman–Crippen LogP) is 5.35. The molecule has 0 aliphatic heterocycles. The molecule has 0 unspecified atom stereocenters. The number of anilines is 1. The molecule has 2 heterocycles. The van der Waals surface area contributed by atoms with Crippen LogP contribution in [-0.2, 0) is 29.0 Å². The maximum atomic E-state index is 13.8. The Labute approximate surface area is 215 Å². The number of hydrogen-bond acceptors (Lipinski definition) is 5. The van der Waals surface area contributed by atoms with Crippen LogP contribution in [0.1, 0.15) is 34.5 Å². The lowest BCUT2D eigenvalue weighted by Gasteiger charge is -2.31. The summed E-state index contributed by atoms with van der Waals surface area (Å²) in [6.07, 6.45) is 4.36. The summed E-state index contributed by atoms with van der Waals surface area (Å²) >= 11 is 1.52. The van der Waals surface area contributed by atoms with Gasteiger partial charge in [0, 0.05) is 17.6 Å². The number of thiophene rings is 1. The van der Waals surface area contributed by atoms with E-state index in [4.69, 9.17) is 4.74 Å². The Bertz CT molecular complexity index is 1260. The monoisotopic (exact) mass is 499 g/mol. The molecule has 0 fully saturated rings. The molecule has 0 spiro atoms. The highest BCUT2D eigenvalue weighted by atomic mass is 32.1. The molecule has 0 saturated carbocycles. The van der Waals surface area contributed by atoms with Crippen molar-refractivity contribution in [2.24, 2.45) is 0 Å². The predicted molar refractivity (Wildman–Crippen MR) is 143 cm³/mol. The number of pyridine rings is 1. The highest BCUT2D eigenvalue weighted by molar-refractivity contribution is 7.10. The second kappa shape index (κ2) is 12.1. The van der Waals surface area contributed by atoms with E-state index >= 15 is 0 Å². The fourth-order valence-corrected chi connectivity index (χ4v) is 4.66. The van der Waals surface area contributed by atoms with E-state index in [1.165, 1.54) is 11.3 Å². The normalized spacial score (nSPS) is 11.5. The molecule has 0 radical (unpaired) electrons. The van der Waals surface area contributed by atoms with Crippen LogP contribution in [0.2, 0.25) is 0 Å². The largest absolute Gasteiger partial charge is 0.497 e. The summed E-state index contributed by atoms with van der Waals surface area (Å²) in [5.74, 6) is 0.314. The van der Waals surface area contributed by atoms with Crippen molar-refractivity contribution < 1.29 is 14.3 Å². The Hall–Kier alpha value is -3.97. The molecule has 4 rings (SSSR count). The van der Waals surface area contributed by atoms with Crippen LogP contribution in [0.3, 0.4) is 0 Å². The average molecular weight is 500 g/mol. The third kappa shape index (κ3) is 6.17. The Kier molecular flexibility index (Phi) is 8.47. The molecule has 4 aromatic rings. The zero-order chi connectivity index (χ0) is 25.3. The first-order chi connectivity index (χ1) is 17.6. The molecule has 0 aliphatic carbocycles. The maximum Gasteiger partial charge on any atom is 0.248 e. The molecule has 2 aromatic heterocycles. The molecule has 0 bridgehead atoms. The summed E-state index contributed by atoms with van der Waals surface area (Å²) in [4.78, 5) is 34.2. The van der Waals surface area contributed by atoms with Crippen molar-refractivity contribution in [1.29, 1.82) is 0 Å². The molecule has 184 valence electrons. The number of nitrogens with one attached hydrogen (secondary N) is 1. The van der Waals surface area contributed by atoms with Gasteiger partial charge in [0.15, 0.2) is 0 Å². The van der Waals surface area contributed by atoms with E-state index in [-0.39, 0.29) is 18.2 Å². The van der Waals surface area contributed by atoms with Gasteiger partial charge in [0.25, 0.3) is 0 Å². The molecule has 36 heavy (non-hydrogen) atoms. The highest BCUT2D eigenvalue weighted by Gasteiger charge is 2.33. The van der Waals surface area contributed by atoms with Crippen LogP contribution in [-0.4, -0.2) is 23.9 Å². The molecule has 7 heteroatoms. The smallest absolute Gasteiger partial charge is 0.248 e. The molecule has 2 amide bonds. The van der Waals surface area contributed by atoms with Gasteiger partial charge < -0.3 is 10.1 Å². The Morgan fingerprint density at radius 2 is 1.75 bits per heavy atom. The molecule has 0 saturated heterocycles. The quantitative estimate of drug-likeness (QED) is 0.319. The van der Waals surface area contributed by atoms with Gasteiger partial charge in [0.1, 0.15) is 11.8 Å². The SMILES string of the molecule is CCc1ccc([C@H](C(=O)NCc2ccc(OC)cc2)N(C(=O)Cc2cccs2)c2cccnc2)cc1. The third-order valence-electron chi connectivity index (χ3n) is 5.93. The van der Waals surface area contributed by atoms with Crippen LogP contribution in [0, 0.1) is 0 Å². The minimum Gasteiger partial charge on any atom is -0.497 e. The van der Waals surface area contributed by atoms with Crippen molar-refractivity contribution in [2.45, 2.75) is 32.4 Å². The zero-order valence-corrected chi connectivity index (χ0v) is 21.2. The first-order valence-electron chi connectivity index (χ1n) is 11.8. The summed E-state index contributed by atoms with van der Waals surface area (Å²) < 4.78 is 5.22. The van der Waals surface area contributed by atoms with Crippen molar-refractivity contribution >= 4 is 28.8 Å². The Morgan fingerprint density at radius 3 is 2.36 bits per heavy atom. The van der Waals surface area contributed by atoms with Gasteiger partial charge >= 0.3 is 0 Å². The first-order valence-corrected chi connectivity index (χ1v) is 12.7. The number of carbonyl (C=O) groups is 2. The summed E-state index contributed by atoms with van der Waals surface area (Å²) in [5.41, 5.74) is 3.40. The summed E-state index contributed by atoms with van der Waals surface area (Å²) in [6.45, 7) is 2.41. The minimum atomic E-state index is -0.856. The van der Waals surface area contributed by atoms with E-state index in [9.17, 15) is 9.59 Å². The number of methoxy groups -OCH3 is 1.